The Bertz CT molecular complexity index is 954. The molecule has 0 spiro atoms. The van der Waals surface area contributed by atoms with Crippen molar-refractivity contribution in [3.05, 3.63) is 82.0 Å². The summed E-state index contributed by atoms with van der Waals surface area (Å²) in [7, 11) is 3.24. The van der Waals surface area contributed by atoms with E-state index in [9.17, 15) is 9.59 Å². The topological polar surface area (TPSA) is 76.7 Å². The molecule has 1 heterocycles. The first-order chi connectivity index (χ1) is 14.6. The van der Waals surface area contributed by atoms with Crippen molar-refractivity contribution in [2.24, 2.45) is 0 Å². The van der Waals surface area contributed by atoms with Gasteiger partial charge in [-0.15, -0.1) is 11.3 Å². The Morgan fingerprint density at radius 1 is 0.933 bits per heavy atom. The van der Waals surface area contributed by atoms with Gasteiger partial charge in [0, 0.05) is 0 Å². The van der Waals surface area contributed by atoms with Crippen molar-refractivity contribution in [2.45, 2.75) is 12.5 Å². The van der Waals surface area contributed by atoms with Gasteiger partial charge in [-0.05, 0) is 53.3 Å². The third kappa shape index (κ3) is 5.84. The van der Waals surface area contributed by atoms with Crippen LogP contribution in [-0.2, 0) is 11.2 Å². The Morgan fingerprint density at radius 3 is 2.13 bits per heavy atom. The third-order valence-electron chi connectivity index (χ3n) is 4.61. The maximum Gasteiger partial charge on any atom is 0.261 e. The number of benzene rings is 2. The lowest BCUT2D eigenvalue weighted by molar-refractivity contribution is -0.120. The molecule has 3 rings (SSSR count). The van der Waals surface area contributed by atoms with Crippen LogP contribution >= 0.6 is 11.3 Å². The summed E-state index contributed by atoms with van der Waals surface area (Å²) in [6, 6.07) is 18.6. The second-order valence-electron chi connectivity index (χ2n) is 6.61. The number of hydrogen-bond donors (Lipinski definition) is 2. The van der Waals surface area contributed by atoms with E-state index >= 15 is 0 Å². The number of methoxy groups -OCH3 is 2. The van der Waals surface area contributed by atoms with Gasteiger partial charge in [0.25, 0.3) is 5.91 Å². The van der Waals surface area contributed by atoms with Crippen molar-refractivity contribution in [1.29, 1.82) is 0 Å². The van der Waals surface area contributed by atoms with E-state index < -0.39 is 0 Å². The van der Waals surface area contributed by atoms with Crippen molar-refractivity contribution >= 4 is 23.2 Å². The molecule has 2 aromatic carbocycles. The lowest BCUT2D eigenvalue weighted by Crippen LogP contribution is -2.39. The summed E-state index contributed by atoms with van der Waals surface area (Å²) < 4.78 is 10.4. The van der Waals surface area contributed by atoms with Crippen molar-refractivity contribution in [3.63, 3.8) is 0 Å². The van der Waals surface area contributed by atoms with Crippen molar-refractivity contribution in [1.82, 2.24) is 10.6 Å². The molecular weight excluding hydrogens is 400 g/mol. The molecular formula is C23H24N2O4S. The van der Waals surface area contributed by atoms with Gasteiger partial charge in [0.2, 0.25) is 5.91 Å². The summed E-state index contributed by atoms with van der Waals surface area (Å²) in [4.78, 5) is 25.2. The highest BCUT2D eigenvalue weighted by molar-refractivity contribution is 7.12. The standard InChI is InChI=1S/C23H24N2O4S/c1-28-18-9-5-16(6-10-18)14-20(17-7-11-19(29-2)12-8-17)25-22(26)15-24-23(27)21-4-3-13-30-21/h3-13,20H,14-15H2,1-2H3,(H,24,27)(H,25,26). The van der Waals surface area contributed by atoms with E-state index in [0.29, 0.717) is 11.3 Å². The normalized spacial score (nSPS) is 11.4. The van der Waals surface area contributed by atoms with Crippen molar-refractivity contribution in [2.75, 3.05) is 20.8 Å². The Hall–Kier alpha value is -3.32. The molecule has 0 aliphatic carbocycles. The second-order valence-corrected chi connectivity index (χ2v) is 7.55. The molecule has 0 saturated heterocycles. The number of carbonyl (C=O) groups is 2. The second kappa shape index (κ2) is 10.5. The minimum Gasteiger partial charge on any atom is -0.497 e. The van der Waals surface area contributed by atoms with Gasteiger partial charge >= 0.3 is 0 Å². The average Bonchev–Trinajstić information content (AvgIpc) is 3.33. The summed E-state index contributed by atoms with van der Waals surface area (Å²) in [6.07, 6.45) is 0.598. The molecule has 7 heteroatoms. The van der Waals surface area contributed by atoms with Crippen LogP contribution in [0, 0.1) is 0 Å². The molecule has 0 bridgehead atoms. The highest BCUT2D eigenvalue weighted by atomic mass is 32.1. The Morgan fingerprint density at radius 2 is 1.57 bits per heavy atom. The van der Waals surface area contributed by atoms with Crippen LogP contribution in [0.25, 0.3) is 0 Å². The first-order valence-electron chi connectivity index (χ1n) is 9.47. The van der Waals surface area contributed by atoms with Gasteiger partial charge in [-0.3, -0.25) is 9.59 Å². The molecule has 0 radical (unpaired) electrons. The minimum atomic E-state index is -0.255. The average molecular weight is 425 g/mol. The van der Waals surface area contributed by atoms with Crippen LogP contribution in [0.1, 0.15) is 26.8 Å². The highest BCUT2D eigenvalue weighted by Crippen LogP contribution is 2.22. The fraction of sp³-hybridized carbons (Fsp3) is 0.217. The number of nitrogens with one attached hydrogen (secondary N) is 2. The maximum absolute atomic E-state index is 12.5. The first kappa shape index (κ1) is 21.4. The van der Waals surface area contributed by atoms with Crippen LogP contribution in [-0.4, -0.2) is 32.6 Å². The van der Waals surface area contributed by atoms with Crippen LogP contribution in [0.15, 0.2) is 66.0 Å². The van der Waals surface area contributed by atoms with Gasteiger partial charge in [0.1, 0.15) is 11.5 Å². The molecule has 30 heavy (non-hydrogen) atoms. The van der Waals surface area contributed by atoms with E-state index in [0.717, 1.165) is 22.6 Å². The van der Waals surface area contributed by atoms with Crippen LogP contribution in [0.3, 0.4) is 0 Å². The van der Waals surface area contributed by atoms with Crippen molar-refractivity contribution < 1.29 is 19.1 Å². The predicted molar refractivity (Wildman–Crippen MR) is 117 cm³/mol. The van der Waals surface area contributed by atoms with Gasteiger partial charge < -0.3 is 20.1 Å². The Balaban J connectivity index is 1.69. The van der Waals surface area contributed by atoms with Crippen LogP contribution in [0.4, 0.5) is 0 Å². The SMILES string of the molecule is COc1ccc(CC(NC(=O)CNC(=O)c2cccs2)c2ccc(OC)cc2)cc1. The monoisotopic (exact) mass is 424 g/mol. The molecule has 1 aromatic heterocycles. The number of thiophene rings is 1. The molecule has 6 nitrogen and oxygen atoms in total. The Labute approximate surface area is 179 Å². The quantitative estimate of drug-likeness (QED) is 0.550. The summed E-state index contributed by atoms with van der Waals surface area (Å²) in [5.74, 6) is 1.02. The zero-order valence-electron chi connectivity index (χ0n) is 16.9. The molecule has 2 amide bonds. The zero-order valence-corrected chi connectivity index (χ0v) is 17.7. The van der Waals surface area contributed by atoms with E-state index in [-0.39, 0.29) is 24.4 Å². The van der Waals surface area contributed by atoms with Gasteiger partial charge in [-0.1, -0.05) is 30.3 Å². The molecule has 156 valence electrons. The van der Waals surface area contributed by atoms with Gasteiger partial charge in [-0.2, -0.15) is 0 Å². The molecule has 1 unspecified atom stereocenters. The molecule has 0 fully saturated rings. The number of ether oxygens (including phenoxy) is 2. The fourth-order valence-corrected chi connectivity index (χ4v) is 3.63. The molecule has 3 aromatic rings. The Kier molecular flexibility index (Phi) is 7.45. The van der Waals surface area contributed by atoms with Gasteiger partial charge in [0.05, 0.1) is 31.7 Å². The van der Waals surface area contributed by atoms with E-state index in [1.54, 1.807) is 26.4 Å². The summed E-state index contributed by atoms with van der Waals surface area (Å²) in [6.45, 7) is -0.0913. The van der Waals surface area contributed by atoms with E-state index in [2.05, 4.69) is 10.6 Å². The summed E-state index contributed by atoms with van der Waals surface area (Å²) >= 11 is 1.34. The summed E-state index contributed by atoms with van der Waals surface area (Å²) in [5.41, 5.74) is 2.00. The highest BCUT2D eigenvalue weighted by Gasteiger charge is 2.17. The lowest BCUT2D eigenvalue weighted by Gasteiger charge is -2.20. The molecule has 1 atom stereocenters. The summed E-state index contributed by atoms with van der Waals surface area (Å²) in [5, 5.41) is 7.51. The fourth-order valence-electron chi connectivity index (χ4n) is 2.99. The largest absolute Gasteiger partial charge is 0.497 e. The van der Waals surface area contributed by atoms with Gasteiger partial charge in [0.15, 0.2) is 0 Å². The third-order valence-corrected chi connectivity index (χ3v) is 5.48. The number of carbonyl (C=O) groups excluding carboxylic acids is 2. The lowest BCUT2D eigenvalue weighted by atomic mass is 9.98. The molecule has 2 N–H and O–H groups in total. The molecule has 0 saturated carbocycles. The van der Waals surface area contributed by atoms with Crippen LogP contribution in [0.2, 0.25) is 0 Å². The smallest absolute Gasteiger partial charge is 0.261 e. The molecule has 0 aliphatic rings. The number of amides is 2. The zero-order chi connectivity index (χ0) is 21.3. The van der Waals surface area contributed by atoms with Crippen molar-refractivity contribution in [3.8, 4) is 11.5 Å². The maximum atomic E-state index is 12.5. The number of rotatable bonds is 9. The van der Waals surface area contributed by atoms with Crippen LogP contribution in [0.5, 0.6) is 11.5 Å². The minimum absolute atomic E-state index is 0.0913. The van der Waals surface area contributed by atoms with E-state index in [4.69, 9.17) is 9.47 Å². The first-order valence-corrected chi connectivity index (χ1v) is 10.3. The van der Waals surface area contributed by atoms with Gasteiger partial charge in [-0.25, -0.2) is 0 Å². The predicted octanol–water partition coefficient (Wildman–Crippen LogP) is 3.60. The van der Waals surface area contributed by atoms with E-state index in [1.807, 2.05) is 53.9 Å². The van der Waals surface area contributed by atoms with E-state index in [1.165, 1.54) is 11.3 Å². The number of hydrogen-bond acceptors (Lipinski definition) is 5. The molecule has 0 aliphatic heterocycles. The van der Waals surface area contributed by atoms with Crippen LogP contribution < -0.4 is 20.1 Å².